The van der Waals surface area contributed by atoms with Crippen molar-refractivity contribution in [2.45, 2.75) is 19.3 Å². The fourth-order valence-electron chi connectivity index (χ4n) is 2.76. The second kappa shape index (κ2) is 10.3. The number of anilines is 1. The molecule has 0 atom stereocenters. The van der Waals surface area contributed by atoms with Gasteiger partial charge in [0.05, 0.1) is 12.3 Å². The Morgan fingerprint density at radius 2 is 2.10 bits per heavy atom. The molecule has 3 N–H and O–H groups in total. The number of hydrogen-bond donors (Lipinski definition) is 2. The van der Waals surface area contributed by atoms with Crippen LogP contribution in [-0.4, -0.2) is 56.4 Å². The molecule has 0 aromatic carbocycles. The van der Waals surface area contributed by atoms with E-state index in [2.05, 4.69) is 15.1 Å². The quantitative estimate of drug-likeness (QED) is 0.323. The number of rotatable bonds is 12. The van der Waals surface area contributed by atoms with E-state index >= 15 is 0 Å². The molecular weight excluding hydrogens is 406 g/mol. The highest BCUT2D eigenvalue weighted by Crippen LogP contribution is 2.21. The number of pyridine rings is 1. The first-order chi connectivity index (χ1) is 14.9. The van der Waals surface area contributed by atoms with Crippen LogP contribution in [0.25, 0.3) is 11.5 Å². The van der Waals surface area contributed by atoms with Crippen molar-refractivity contribution in [3.05, 3.63) is 42.2 Å². The molecule has 0 radical (unpaired) electrons. The van der Waals surface area contributed by atoms with E-state index in [1.807, 2.05) is 0 Å². The van der Waals surface area contributed by atoms with Crippen LogP contribution < -0.4 is 10.5 Å². The van der Waals surface area contributed by atoms with E-state index in [4.69, 9.17) is 24.7 Å². The summed E-state index contributed by atoms with van der Waals surface area (Å²) in [6, 6.07) is 3.24. The lowest BCUT2D eigenvalue weighted by Gasteiger charge is -2.07. The Balaban J connectivity index is 1.32. The Bertz CT molecular complexity index is 1040. The maximum absolute atomic E-state index is 12.1. The number of aromatic carboxylic acids is 1. The number of oxazole rings is 1. The van der Waals surface area contributed by atoms with E-state index < -0.39 is 5.97 Å². The van der Waals surface area contributed by atoms with Gasteiger partial charge in [0.1, 0.15) is 12.9 Å². The normalized spacial score (nSPS) is 10.9. The van der Waals surface area contributed by atoms with Crippen molar-refractivity contribution in [3.8, 4) is 17.3 Å². The first kappa shape index (κ1) is 22.0. The number of carboxylic acids is 1. The molecule has 3 rings (SSSR count). The van der Waals surface area contributed by atoms with Crippen molar-refractivity contribution in [1.82, 2.24) is 19.7 Å². The number of hydrogen-bond acceptors (Lipinski definition) is 9. The van der Waals surface area contributed by atoms with Crippen molar-refractivity contribution in [1.29, 1.82) is 0 Å². The summed E-state index contributed by atoms with van der Waals surface area (Å²) >= 11 is 0. The standard InChI is InChI=1S/C20H23N5O6/c1-25-11-14(21)18(24-25)16(26)4-2-3-7-29-8-9-30-17-10-13(5-6-22-17)19-23-15(12-31-19)20(27)28/h5-6,10-12H,2-4,7-9,21H2,1H3,(H,27,28). The van der Waals surface area contributed by atoms with Gasteiger partial charge in [0, 0.05) is 44.1 Å². The number of ether oxygens (including phenoxy) is 2. The van der Waals surface area contributed by atoms with Crippen LogP contribution in [-0.2, 0) is 11.8 Å². The molecule has 0 bridgehead atoms. The lowest BCUT2D eigenvalue weighted by Crippen LogP contribution is -2.09. The first-order valence-corrected chi connectivity index (χ1v) is 9.62. The van der Waals surface area contributed by atoms with Crippen LogP contribution in [0.3, 0.4) is 0 Å². The van der Waals surface area contributed by atoms with Crippen LogP contribution in [0.15, 0.2) is 35.2 Å². The Morgan fingerprint density at radius 3 is 2.81 bits per heavy atom. The van der Waals surface area contributed by atoms with Gasteiger partial charge in [0.2, 0.25) is 11.8 Å². The highest BCUT2D eigenvalue weighted by atomic mass is 16.5. The zero-order valence-electron chi connectivity index (χ0n) is 17.0. The number of nitrogens with zero attached hydrogens (tertiary/aromatic N) is 4. The van der Waals surface area contributed by atoms with Gasteiger partial charge in [0.15, 0.2) is 17.2 Å². The van der Waals surface area contributed by atoms with Crippen LogP contribution in [0.4, 0.5) is 5.69 Å². The predicted octanol–water partition coefficient (Wildman–Crippen LogP) is 2.20. The minimum atomic E-state index is -1.16. The summed E-state index contributed by atoms with van der Waals surface area (Å²) in [6.45, 7) is 1.14. The molecule has 3 aromatic heterocycles. The number of nitrogen functional groups attached to an aromatic ring is 1. The summed E-state index contributed by atoms with van der Waals surface area (Å²) in [4.78, 5) is 30.9. The zero-order valence-corrected chi connectivity index (χ0v) is 17.0. The molecule has 0 aliphatic carbocycles. The molecule has 3 heterocycles. The summed E-state index contributed by atoms with van der Waals surface area (Å²) in [7, 11) is 1.72. The van der Waals surface area contributed by atoms with Crippen molar-refractivity contribution in [2.24, 2.45) is 7.05 Å². The third kappa shape index (κ3) is 6.12. The molecule has 164 valence electrons. The number of ketones is 1. The molecule has 0 unspecified atom stereocenters. The Morgan fingerprint density at radius 1 is 1.26 bits per heavy atom. The molecule has 0 aliphatic heterocycles. The molecule has 0 saturated carbocycles. The number of carbonyl (C=O) groups excluding carboxylic acids is 1. The van der Waals surface area contributed by atoms with E-state index in [1.54, 1.807) is 25.4 Å². The molecule has 0 aliphatic rings. The minimum absolute atomic E-state index is 0.0751. The number of aryl methyl sites for hydroxylation is 1. The second-order valence-electron chi connectivity index (χ2n) is 6.67. The summed E-state index contributed by atoms with van der Waals surface area (Å²) in [6.07, 6.45) is 5.96. The fraction of sp³-hybridized carbons (Fsp3) is 0.350. The van der Waals surface area contributed by atoms with Crippen LogP contribution in [0.5, 0.6) is 5.88 Å². The van der Waals surface area contributed by atoms with Gasteiger partial charge in [-0.3, -0.25) is 9.48 Å². The van der Waals surface area contributed by atoms with Gasteiger partial charge in [-0.1, -0.05) is 0 Å². The Labute approximate surface area is 177 Å². The molecule has 11 nitrogen and oxygen atoms in total. The molecule has 0 amide bonds. The number of unbranched alkanes of at least 4 members (excludes halogenated alkanes) is 1. The van der Waals surface area contributed by atoms with Crippen molar-refractivity contribution in [3.63, 3.8) is 0 Å². The van der Waals surface area contributed by atoms with E-state index in [9.17, 15) is 9.59 Å². The van der Waals surface area contributed by atoms with Gasteiger partial charge >= 0.3 is 5.97 Å². The maximum atomic E-state index is 12.1. The number of aromatic nitrogens is 4. The fourth-order valence-corrected chi connectivity index (χ4v) is 2.76. The van der Waals surface area contributed by atoms with Crippen molar-refractivity contribution in [2.75, 3.05) is 25.6 Å². The number of carbonyl (C=O) groups is 2. The van der Waals surface area contributed by atoms with Crippen LogP contribution >= 0.6 is 0 Å². The Hall–Kier alpha value is -3.73. The van der Waals surface area contributed by atoms with E-state index in [1.165, 1.54) is 10.9 Å². The van der Waals surface area contributed by atoms with E-state index in [0.29, 0.717) is 48.9 Å². The summed E-state index contributed by atoms with van der Waals surface area (Å²) in [5, 5.41) is 13.0. The lowest BCUT2D eigenvalue weighted by molar-refractivity contribution is 0.0690. The van der Waals surface area contributed by atoms with Gasteiger partial charge in [0.25, 0.3) is 0 Å². The van der Waals surface area contributed by atoms with Crippen molar-refractivity contribution >= 4 is 17.4 Å². The molecule has 31 heavy (non-hydrogen) atoms. The molecule has 0 saturated heterocycles. The summed E-state index contributed by atoms with van der Waals surface area (Å²) in [5.41, 5.74) is 6.84. The summed E-state index contributed by atoms with van der Waals surface area (Å²) < 4.78 is 17.7. The number of nitrogens with two attached hydrogens (primary N) is 1. The zero-order chi connectivity index (χ0) is 22.2. The van der Waals surface area contributed by atoms with Crippen molar-refractivity contribution < 1.29 is 28.6 Å². The van der Waals surface area contributed by atoms with E-state index in [0.717, 1.165) is 12.7 Å². The van der Waals surface area contributed by atoms with Gasteiger partial charge in [-0.05, 0) is 18.9 Å². The minimum Gasteiger partial charge on any atom is -0.476 e. The molecule has 3 aromatic rings. The molecule has 0 fully saturated rings. The highest BCUT2D eigenvalue weighted by Gasteiger charge is 2.14. The second-order valence-corrected chi connectivity index (χ2v) is 6.67. The molecule has 11 heteroatoms. The first-order valence-electron chi connectivity index (χ1n) is 9.62. The maximum Gasteiger partial charge on any atom is 0.357 e. The third-order valence-electron chi connectivity index (χ3n) is 4.25. The van der Waals surface area contributed by atoms with Crippen LogP contribution in [0, 0.1) is 0 Å². The highest BCUT2D eigenvalue weighted by molar-refractivity contribution is 5.98. The number of Topliss-reactive ketones (excluding diaryl/α,β-unsaturated/α-hetero) is 1. The average Bonchev–Trinajstić information content (AvgIpc) is 3.37. The van der Waals surface area contributed by atoms with Gasteiger partial charge in [-0.2, -0.15) is 5.10 Å². The SMILES string of the molecule is Cn1cc(N)c(C(=O)CCCCOCCOc2cc(-c3nc(C(=O)O)co3)ccn2)n1. The topological polar surface area (TPSA) is 156 Å². The predicted molar refractivity (Wildman–Crippen MR) is 109 cm³/mol. The lowest BCUT2D eigenvalue weighted by atomic mass is 10.1. The van der Waals surface area contributed by atoms with Crippen LogP contribution in [0.2, 0.25) is 0 Å². The smallest absolute Gasteiger partial charge is 0.357 e. The largest absolute Gasteiger partial charge is 0.476 e. The number of carboxylic acid groups (broad SMARTS) is 1. The third-order valence-corrected chi connectivity index (χ3v) is 4.25. The summed E-state index contributed by atoms with van der Waals surface area (Å²) in [5.74, 6) is -0.727. The van der Waals surface area contributed by atoms with Gasteiger partial charge in [-0.15, -0.1) is 0 Å². The Kier molecular flexibility index (Phi) is 7.33. The monoisotopic (exact) mass is 429 g/mol. The van der Waals surface area contributed by atoms with Gasteiger partial charge < -0.3 is 24.7 Å². The van der Waals surface area contributed by atoms with E-state index in [-0.39, 0.29) is 24.0 Å². The molecule has 0 spiro atoms. The van der Waals surface area contributed by atoms with Gasteiger partial charge in [-0.25, -0.2) is 14.8 Å². The molecular formula is C20H23N5O6. The average molecular weight is 429 g/mol. The van der Waals surface area contributed by atoms with Crippen LogP contribution in [0.1, 0.15) is 40.2 Å².